The van der Waals surface area contributed by atoms with Gasteiger partial charge in [0.25, 0.3) is 0 Å². The molecule has 1 heterocycles. The highest BCUT2D eigenvalue weighted by atomic mass is 32.2. The molecule has 1 saturated heterocycles. The van der Waals surface area contributed by atoms with E-state index < -0.39 is 12.1 Å². The van der Waals surface area contributed by atoms with Gasteiger partial charge in [0.15, 0.2) is 0 Å². The maximum atomic E-state index is 12.9. The molecule has 6 nitrogen and oxygen atoms in total. The quantitative estimate of drug-likeness (QED) is 0.441. The second-order valence-corrected chi connectivity index (χ2v) is 7.45. The molecule has 0 aromatic heterocycles. The van der Waals surface area contributed by atoms with E-state index in [4.69, 9.17) is 9.84 Å². The molecule has 0 bridgehead atoms. The number of cyclic esters (lactones) is 1. The molecule has 8 heteroatoms. The third-order valence-corrected chi connectivity index (χ3v) is 5.13. The van der Waals surface area contributed by atoms with Crippen molar-refractivity contribution in [1.82, 2.24) is 4.90 Å². The zero-order valence-corrected chi connectivity index (χ0v) is 15.7. The Kier molecular flexibility index (Phi) is 8.60. The number of aliphatic hydroxyl groups is 1. The molecular weight excluding hydrogens is 373 g/mol. The number of carboxylic acids is 1. The summed E-state index contributed by atoms with van der Waals surface area (Å²) in [6, 6.07) is 5.72. The second kappa shape index (κ2) is 10.9. The highest BCUT2D eigenvalue weighted by molar-refractivity contribution is 7.99. The number of hydrogen-bond acceptors (Lipinski definition) is 5. The summed E-state index contributed by atoms with van der Waals surface area (Å²) in [4.78, 5) is 23.9. The minimum Gasteiger partial charge on any atom is -0.481 e. The molecule has 0 spiro atoms. The summed E-state index contributed by atoms with van der Waals surface area (Å²) >= 11 is 1.60. The van der Waals surface area contributed by atoms with E-state index in [0.717, 1.165) is 11.3 Å². The summed E-state index contributed by atoms with van der Waals surface area (Å²) in [7, 11) is 0. The first-order valence-electron chi connectivity index (χ1n) is 8.79. The third kappa shape index (κ3) is 7.60. The smallest absolute Gasteiger partial charge is 0.410 e. The number of carbonyl (C=O) groups excluding carboxylic acids is 1. The highest BCUT2D eigenvalue weighted by Crippen LogP contribution is 2.16. The first kappa shape index (κ1) is 21.2. The number of nitrogens with zero attached hydrogens (tertiary/aromatic N) is 1. The number of halogens is 1. The Balaban J connectivity index is 1.76. The van der Waals surface area contributed by atoms with Crippen molar-refractivity contribution >= 4 is 23.8 Å². The van der Waals surface area contributed by atoms with Crippen LogP contribution in [-0.2, 0) is 16.0 Å². The molecule has 1 unspecified atom stereocenters. The molecule has 0 aliphatic carbocycles. The molecular formula is C19H24FNO5S. The van der Waals surface area contributed by atoms with Crippen LogP contribution in [0, 0.1) is 5.82 Å². The van der Waals surface area contributed by atoms with Crippen molar-refractivity contribution in [2.24, 2.45) is 0 Å². The van der Waals surface area contributed by atoms with Gasteiger partial charge in [-0.15, -0.1) is 0 Å². The Morgan fingerprint density at radius 3 is 2.81 bits per heavy atom. The zero-order chi connectivity index (χ0) is 19.6. The molecule has 2 atom stereocenters. The average molecular weight is 397 g/mol. The maximum Gasteiger partial charge on any atom is 0.410 e. The van der Waals surface area contributed by atoms with E-state index in [2.05, 4.69) is 0 Å². The van der Waals surface area contributed by atoms with Gasteiger partial charge in [0.2, 0.25) is 0 Å². The van der Waals surface area contributed by atoms with Crippen molar-refractivity contribution in [3.05, 3.63) is 47.8 Å². The lowest BCUT2D eigenvalue weighted by Gasteiger charge is -2.18. The van der Waals surface area contributed by atoms with Gasteiger partial charge in [-0.2, -0.15) is 11.8 Å². The fourth-order valence-corrected chi connectivity index (χ4v) is 3.54. The van der Waals surface area contributed by atoms with Crippen LogP contribution in [0.3, 0.4) is 0 Å². The Bertz CT molecular complexity index is 652. The summed E-state index contributed by atoms with van der Waals surface area (Å²) in [5, 5.41) is 18.7. The molecule has 2 N–H and O–H groups in total. The maximum absolute atomic E-state index is 12.9. The monoisotopic (exact) mass is 397 g/mol. The fourth-order valence-electron chi connectivity index (χ4n) is 2.66. The van der Waals surface area contributed by atoms with Crippen LogP contribution >= 0.6 is 11.8 Å². The lowest BCUT2D eigenvalue weighted by Crippen LogP contribution is -2.34. The van der Waals surface area contributed by atoms with Gasteiger partial charge >= 0.3 is 12.1 Å². The number of hydrogen-bond donors (Lipinski definition) is 2. The van der Waals surface area contributed by atoms with Gasteiger partial charge in [-0.3, -0.25) is 9.69 Å². The van der Waals surface area contributed by atoms with Crippen LogP contribution < -0.4 is 0 Å². The van der Waals surface area contributed by atoms with E-state index in [1.807, 2.05) is 0 Å². The highest BCUT2D eigenvalue weighted by Gasteiger charge is 2.30. The van der Waals surface area contributed by atoms with Crippen LogP contribution in [-0.4, -0.2) is 64.0 Å². The van der Waals surface area contributed by atoms with Crippen LogP contribution in [0.15, 0.2) is 36.4 Å². The molecule has 148 valence electrons. The van der Waals surface area contributed by atoms with Crippen LogP contribution in [0.25, 0.3) is 0 Å². The number of ether oxygens (including phenoxy) is 1. The molecule has 1 aromatic carbocycles. The molecule has 0 radical (unpaired) electrons. The number of aliphatic hydroxyl groups excluding tert-OH is 1. The minimum absolute atomic E-state index is 0.149. The normalized spacial score (nSPS) is 18.1. The topological polar surface area (TPSA) is 87.1 Å². The molecule has 1 aromatic rings. The first-order valence-corrected chi connectivity index (χ1v) is 9.95. The Morgan fingerprint density at radius 1 is 1.37 bits per heavy atom. The van der Waals surface area contributed by atoms with E-state index >= 15 is 0 Å². The number of amides is 1. The Morgan fingerprint density at radius 2 is 2.11 bits per heavy atom. The summed E-state index contributed by atoms with van der Waals surface area (Å²) in [6.45, 7) is 0.738. The summed E-state index contributed by atoms with van der Waals surface area (Å²) < 4.78 is 18.0. The zero-order valence-electron chi connectivity index (χ0n) is 14.9. The van der Waals surface area contributed by atoms with Gasteiger partial charge in [0.1, 0.15) is 12.4 Å². The van der Waals surface area contributed by atoms with E-state index in [1.54, 1.807) is 40.9 Å². The Hall–Kier alpha value is -2.06. The molecule has 1 aliphatic heterocycles. The van der Waals surface area contributed by atoms with Gasteiger partial charge in [-0.25, -0.2) is 9.18 Å². The molecule has 0 saturated carbocycles. The summed E-state index contributed by atoms with van der Waals surface area (Å²) in [6.07, 6.45) is 3.37. The molecule has 1 amide bonds. The fraction of sp³-hybridized carbons (Fsp3) is 0.474. The molecule has 1 aliphatic rings. The number of aliphatic carboxylic acids is 1. The first-order chi connectivity index (χ1) is 13.0. The lowest BCUT2D eigenvalue weighted by atomic mass is 10.1. The van der Waals surface area contributed by atoms with Crippen LogP contribution in [0.5, 0.6) is 0 Å². The van der Waals surface area contributed by atoms with Gasteiger partial charge in [0, 0.05) is 25.1 Å². The SMILES string of the molecule is O=C(O)CCCSCCN1C(=O)OCC1/C=C/[C@@H](O)Cc1ccc(F)cc1. The molecule has 1 fully saturated rings. The van der Waals surface area contributed by atoms with Gasteiger partial charge in [0.05, 0.1) is 12.1 Å². The molecule has 2 rings (SSSR count). The van der Waals surface area contributed by atoms with Gasteiger partial charge in [-0.1, -0.05) is 24.3 Å². The van der Waals surface area contributed by atoms with Crippen LogP contribution in [0.4, 0.5) is 9.18 Å². The standard InChI is InChI=1S/C19H24FNO5S/c20-15-5-3-14(4-6-15)12-17(22)8-7-16-13-26-19(25)21(16)9-11-27-10-1-2-18(23)24/h3-8,16-17,22H,1-2,9-13H2,(H,23,24)/b8-7+/t16?,17-/m1/s1. The lowest BCUT2D eigenvalue weighted by molar-refractivity contribution is -0.137. The average Bonchev–Trinajstić information content (AvgIpc) is 2.98. The third-order valence-electron chi connectivity index (χ3n) is 4.08. The van der Waals surface area contributed by atoms with Crippen molar-refractivity contribution in [3.8, 4) is 0 Å². The number of carbonyl (C=O) groups is 2. The van der Waals surface area contributed by atoms with E-state index in [1.165, 1.54) is 12.1 Å². The van der Waals surface area contributed by atoms with Crippen molar-refractivity contribution in [3.63, 3.8) is 0 Å². The summed E-state index contributed by atoms with van der Waals surface area (Å²) in [5.74, 6) is 0.300. The minimum atomic E-state index is -0.803. The van der Waals surface area contributed by atoms with Crippen molar-refractivity contribution in [2.75, 3.05) is 24.7 Å². The summed E-state index contributed by atoms with van der Waals surface area (Å²) in [5.41, 5.74) is 0.821. The molecule has 27 heavy (non-hydrogen) atoms. The number of carboxylic acid groups (broad SMARTS) is 1. The van der Waals surface area contributed by atoms with E-state index in [9.17, 15) is 19.1 Å². The second-order valence-electron chi connectivity index (χ2n) is 6.23. The number of rotatable bonds is 11. The van der Waals surface area contributed by atoms with Gasteiger partial charge < -0.3 is 14.9 Å². The predicted octanol–water partition coefficient (Wildman–Crippen LogP) is 2.70. The predicted molar refractivity (Wildman–Crippen MR) is 101 cm³/mol. The van der Waals surface area contributed by atoms with E-state index in [-0.39, 0.29) is 31.0 Å². The number of benzene rings is 1. The van der Waals surface area contributed by atoms with Crippen LogP contribution in [0.1, 0.15) is 18.4 Å². The number of thioether (sulfide) groups is 1. The van der Waals surface area contributed by atoms with Crippen molar-refractivity contribution in [1.29, 1.82) is 0 Å². The Labute approximate surface area is 162 Å². The van der Waals surface area contributed by atoms with Gasteiger partial charge in [-0.05, 0) is 29.9 Å². The largest absolute Gasteiger partial charge is 0.481 e. The van der Waals surface area contributed by atoms with Crippen molar-refractivity contribution in [2.45, 2.75) is 31.4 Å². The van der Waals surface area contributed by atoms with Crippen molar-refractivity contribution < 1.29 is 28.9 Å². The van der Waals surface area contributed by atoms with Crippen LogP contribution in [0.2, 0.25) is 0 Å². The van der Waals surface area contributed by atoms with E-state index in [0.29, 0.717) is 25.1 Å².